The standard InChI is InChI=1S/C18H21N7S/c1-12-9-15(24-18-22-13(2)11-26-18)23-16(21-12)14-5-3-8-25(10-14)17-19-6-4-7-20-17/h4,6-7,9,11,14H,3,5,8,10H2,1-2H3,(H,21,22,23,24)/t14-/m0/s1. The van der Waals surface area contributed by atoms with E-state index in [1.165, 1.54) is 0 Å². The molecular weight excluding hydrogens is 346 g/mol. The fourth-order valence-corrected chi connectivity index (χ4v) is 3.88. The molecule has 0 aromatic carbocycles. The van der Waals surface area contributed by atoms with Crippen LogP contribution in [-0.2, 0) is 0 Å². The van der Waals surface area contributed by atoms with Gasteiger partial charge in [-0.2, -0.15) is 0 Å². The third kappa shape index (κ3) is 3.80. The topological polar surface area (TPSA) is 79.7 Å². The molecule has 3 aromatic rings. The summed E-state index contributed by atoms with van der Waals surface area (Å²) in [7, 11) is 0. The van der Waals surface area contributed by atoms with Crippen LogP contribution in [0, 0.1) is 13.8 Å². The number of rotatable bonds is 4. The maximum absolute atomic E-state index is 4.77. The Kier molecular flexibility index (Phi) is 4.75. The lowest BCUT2D eigenvalue weighted by Gasteiger charge is -2.32. The SMILES string of the molecule is Cc1cc(Nc2nc(C)cs2)nc([C@H]2CCCN(c3ncccn3)C2)n1. The molecule has 1 saturated heterocycles. The summed E-state index contributed by atoms with van der Waals surface area (Å²) in [6.45, 7) is 5.80. The number of piperidine rings is 1. The van der Waals surface area contributed by atoms with Crippen LogP contribution in [-0.4, -0.2) is 38.0 Å². The van der Waals surface area contributed by atoms with Crippen LogP contribution in [0.5, 0.6) is 0 Å². The molecule has 4 rings (SSSR count). The first-order valence-corrected chi connectivity index (χ1v) is 9.62. The Morgan fingerprint density at radius 2 is 1.96 bits per heavy atom. The maximum atomic E-state index is 4.77. The van der Waals surface area contributed by atoms with Gasteiger partial charge in [0.15, 0.2) is 5.13 Å². The van der Waals surface area contributed by atoms with Crippen molar-refractivity contribution in [2.45, 2.75) is 32.6 Å². The normalized spacial score (nSPS) is 17.3. The van der Waals surface area contributed by atoms with E-state index in [2.05, 4.69) is 25.2 Å². The number of aromatic nitrogens is 5. The van der Waals surface area contributed by atoms with Crippen molar-refractivity contribution in [3.8, 4) is 0 Å². The minimum atomic E-state index is 0.269. The van der Waals surface area contributed by atoms with Crippen molar-refractivity contribution in [2.24, 2.45) is 0 Å². The Bertz CT molecular complexity index is 880. The van der Waals surface area contributed by atoms with Gasteiger partial charge in [-0.15, -0.1) is 11.3 Å². The van der Waals surface area contributed by atoms with Crippen LogP contribution in [0.4, 0.5) is 16.9 Å². The smallest absolute Gasteiger partial charge is 0.225 e. The molecule has 0 spiro atoms. The Labute approximate surface area is 156 Å². The van der Waals surface area contributed by atoms with E-state index in [4.69, 9.17) is 9.97 Å². The second-order valence-corrected chi connectivity index (χ2v) is 7.36. The molecule has 1 N–H and O–H groups in total. The van der Waals surface area contributed by atoms with Gasteiger partial charge < -0.3 is 10.2 Å². The lowest BCUT2D eigenvalue weighted by atomic mass is 9.97. The molecule has 0 unspecified atom stereocenters. The maximum Gasteiger partial charge on any atom is 0.225 e. The van der Waals surface area contributed by atoms with Gasteiger partial charge in [-0.25, -0.2) is 24.9 Å². The number of nitrogens with one attached hydrogen (secondary N) is 1. The molecule has 1 aliphatic heterocycles. The molecule has 0 radical (unpaired) electrons. The van der Waals surface area contributed by atoms with Gasteiger partial charge in [0, 0.05) is 48.5 Å². The van der Waals surface area contributed by atoms with Crippen molar-refractivity contribution in [3.63, 3.8) is 0 Å². The molecule has 0 saturated carbocycles. The monoisotopic (exact) mass is 367 g/mol. The zero-order chi connectivity index (χ0) is 17.9. The highest BCUT2D eigenvalue weighted by Crippen LogP contribution is 2.28. The van der Waals surface area contributed by atoms with Gasteiger partial charge in [-0.3, -0.25) is 0 Å². The van der Waals surface area contributed by atoms with Crippen LogP contribution < -0.4 is 10.2 Å². The summed E-state index contributed by atoms with van der Waals surface area (Å²) >= 11 is 1.58. The first kappa shape index (κ1) is 16.8. The number of anilines is 3. The van der Waals surface area contributed by atoms with Crippen LogP contribution in [0.1, 0.15) is 36.0 Å². The molecule has 7 nitrogen and oxygen atoms in total. The molecule has 1 aliphatic rings. The van der Waals surface area contributed by atoms with Gasteiger partial charge in [0.1, 0.15) is 11.6 Å². The Morgan fingerprint density at radius 3 is 2.73 bits per heavy atom. The fourth-order valence-electron chi connectivity index (χ4n) is 3.18. The van der Waals surface area contributed by atoms with Crippen LogP contribution in [0.25, 0.3) is 0 Å². The molecule has 0 bridgehead atoms. The lowest BCUT2D eigenvalue weighted by molar-refractivity contribution is 0.485. The summed E-state index contributed by atoms with van der Waals surface area (Å²) in [6.07, 6.45) is 5.72. The van der Waals surface area contributed by atoms with Gasteiger partial charge in [0.25, 0.3) is 0 Å². The summed E-state index contributed by atoms with van der Waals surface area (Å²) in [5.74, 6) is 2.73. The number of nitrogens with zero attached hydrogens (tertiary/aromatic N) is 6. The highest BCUT2D eigenvalue weighted by molar-refractivity contribution is 7.13. The van der Waals surface area contributed by atoms with Gasteiger partial charge in [-0.1, -0.05) is 0 Å². The highest BCUT2D eigenvalue weighted by Gasteiger charge is 2.25. The Hall–Kier alpha value is -2.61. The number of hydrogen-bond donors (Lipinski definition) is 1. The fraction of sp³-hybridized carbons (Fsp3) is 0.389. The minimum Gasteiger partial charge on any atom is -0.340 e. The van der Waals surface area contributed by atoms with Gasteiger partial charge in [-0.05, 0) is 32.8 Å². The molecule has 1 fully saturated rings. The molecule has 0 aliphatic carbocycles. The summed E-state index contributed by atoms with van der Waals surface area (Å²) in [4.78, 5) is 24.9. The summed E-state index contributed by atoms with van der Waals surface area (Å²) in [6, 6.07) is 3.80. The van der Waals surface area contributed by atoms with Gasteiger partial charge in [0.2, 0.25) is 5.95 Å². The van der Waals surface area contributed by atoms with E-state index in [0.717, 1.165) is 60.0 Å². The summed E-state index contributed by atoms with van der Waals surface area (Å²) in [5, 5.41) is 6.19. The van der Waals surface area contributed by atoms with Gasteiger partial charge in [0.05, 0.1) is 5.69 Å². The zero-order valence-corrected chi connectivity index (χ0v) is 15.7. The van der Waals surface area contributed by atoms with E-state index in [9.17, 15) is 0 Å². The van der Waals surface area contributed by atoms with E-state index < -0.39 is 0 Å². The van der Waals surface area contributed by atoms with Crippen LogP contribution in [0.15, 0.2) is 29.9 Å². The summed E-state index contributed by atoms with van der Waals surface area (Å²) in [5.41, 5.74) is 1.97. The Morgan fingerprint density at radius 1 is 1.12 bits per heavy atom. The first-order valence-electron chi connectivity index (χ1n) is 8.74. The van der Waals surface area contributed by atoms with Crippen LogP contribution in [0.3, 0.4) is 0 Å². The number of hydrogen-bond acceptors (Lipinski definition) is 8. The van der Waals surface area contributed by atoms with Crippen LogP contribution >= 0.6 is 11.3 Å². The molecule has 8 heteroatoms. The molecule has 3 aromatic heterocycles. The second kappa shape index (κ2) is 7.33. The predicted octanol–water partition coefficient (Wildman–Crippen LogP) is 3.47. The molecule has 0 amide bonds. The van der Waals surface area contributed by atoms with Crippen molar-refractivity contribution >= 4 is 28.2 Å². The van der Waals surface area contributed by atoms with Crippen molar-refractivity contribution < 1.29 is 0 Å². The molecule has 1 atom stereocenters. The third-order valence-electron chi connectivity index (χ3n) is 4.35. The van der Waals surface area contributed by atoms with Crippen molar-refractivity contribution in [3.05, 3.63) is 47.1 Å². The van der Waals surface area contributed by atoms with Crippen molar-refractivity contribution in [1.29, 1.82) is 0 Å². The van der Waals surface area contributed by atoms with Gasteiger partial charge >= 0.3 is 0 Å². The first-order chi connectivity index (χ1) is 12.7. The zero-order valence-electron chi connectivity index (χ0n) is 14.9. The van der Waals surface area contributed by atoms with E-state index in [0.29, 0.717) is 0 Å². The minimum absolute atomic E-state index is 0.269. The summed E-state index contributed by atoms with van der Waals surface area (Å²) < 4.78 is 0. The van der Waals surface area contributed by atoms with E-state index >= 15 is 0 Å². The number of thiazole rings is 1. The second-order valence-electron chi connectivity index (χ2n) is 6.51. The molecule has 4 heterocycles. The largest absolute Gasteiger partial charge is 0.340 e. The lowest BCUT2D eigenvalue weighted by Crippen LogP contribution is -2.36. The van der Waals surface area contributed by atoms with Crippen LogP contribution in [0.2, 0.25) is 0 Å². The highest BCUT2D eigenvalue weighted by atomic mass is 32.1. The molecular formula is C18H21N7S. The molecule has 134 valence electrons. The average molecular weight is 367 g/mol. The number of aryl methyl sites for hydroxylation is 2. The van der Waals surface area contributed by atoms with E-state index in [1.54, 1.807) is 23.7 Å². The third-order valence-corrected chi connectivity index (χ3v) is 5.22. The Balaban J connectivity index is 1.54. The van der Waals surface area contributed by atoms with E-state index in [-0.39, 0.29) is 5.92 Å². The molecule has 26 heavy (non-hydrogen) atoms. The average Bonchev–Trinajstić information content (AvgIpc) is 3.07. The van der Waals surface area contributed by atoms with Crippen molar-refractivity contribution in [2.75, 3.05) is 23.3 Å². The quantitative estimate of drug-likeness (QED) is 0.756. The van der Waals surface area contributed by atoms with E-state index in [1.807, 2.05) is 31.4 Å². The van der Waals surface area contributed by atoms with Crippen molar-refractivity contribution in [1.82, 2.24) is 24.9 Å². The predicted molar refractivity (Wildman–Crippen MR) is 103 cm³/mol.